The highest BCUT2D eigenvalue weighted by Crippen LogP contribution is 2.40. The molecule has 1 N–H and O–H groups in total. The Bertz CT molecular complexity index is 647. The minimum Gasteiger partial charge on any atom is -0.351 e. The van der Waals surface area contributed by atoms with Crippen molar-refractivity contribution in [1.82, 2.24) is 5.32 Å². The number of nitrogens with one attached hydrogen (secondary N) is 1. The van der Waals surface area contributed by atoms with Gasteiger partial charge >= 0.3 is 0 Å². The van der Waals surface area contributed by atoms with Crippen molar-refractivity contribution in [2.45, 2.75) is 31.1 Å². The molecular weight excluding hydrogens is 277 g/mol. The molecule has 1 saturated carbocycles. The molecule has 1 aliphatic carbocycles. The maximum absolute atomic E-state index is 13.7. The fourth-order valence-corrected chi connectivity index (χ4v) is 3.40. The first-order valence-corrected chi connectivity index (χ1v) is 7.80. The molecule has 2 aromatic rings. The fourth-order valence-electron chi connectivity index (χ4n) is 3.40. The number of hydrogen-bond acceptors (Lipinski definition) is 1. The molecule has 0 spiro atoms. The van der Waals surface area contributed by atoms with E-state index >= 15 is 0 Å². The van der Waals surface area contributed by atoms with Crippen molar-refractivity contribution in [2.75, 3.05) is 6.54 Å². The molecular formula is C19H20FNO. The summed E-state index contributed by atoms with van der Waals surface area (Å²) in [5.74, 6) is -0.805. The molecule has 0 aromatic heterocycles. The Morgan fingerprint density at radius 1 is 1.00 bits per heavy atom. The smallest absolute Gasteiger partial charge is 0.254 e. The van der Waals surface area contributed by atoms with Crippen LogP contribution >= 0.6 is 0 Å². The van der Waals surface area contributed by atoms with Gasteiger partial charge in [-0.15, -0.1) is 0 Å². The second kappa shape index (κ2) is 6.30. The van der Waals surface area contributed by atoms with Gasteiger partial charge < -0.3 is 5.32 Å². The van der Waals surface area contributed by atoms with E-state index in [1.54, 1.807) is 12.1 Å². The molecule has 0 unspecified atom stereocenters. The van der Waals surface area contributed by atoms with E-state index in [4.69, 9.17) is 0 Å². The van der Waals surface area contributed by atoms with Crippen LogP contribution in [0.15, 0.2) is 54.6 Å². The highest BCUT2D eigenvalue weighted by Gasteiger charge is 2.35. The molecule has 0 saturated heterocycles. The summed E-state index contributed by atoms with van der Waals surface area (Å²) in [6, 6.07) is 16.4. The van der Waals surface area contributed by atoms with Crippen LogP contribution in [0.2, 0.25) is 0 Å². The standard InChI is InChI=1S/C19H20FNO/c20-17-11-5-4-10-16(17)18(22)21-14-19(12-6-7-13-19)15-8-2-1-3-9-15/h1-5,8-11H,6-7,12-14H2,(H,21,22). The van der Waals surface area contributed by atoms with Crippen molar-refractivity contribution in [2.24, 2.45) is 0 Å². The van der Waals surface area contributed by atoms with Gasteiger partial charge in [0.25, 0.3) is 5.91 Å². The van der Waals surface area contributed by atoms with Gasteiger partial charge in [-0.2, -0.15) is 0 Å². The maximum Gasteiger partial charge on any atom is 0.254 e. The van der Waals surface area contributed by atoms with Gasteiger partial charge in [0.1, 0.15) is 5.82 Å². The van der Waals surface area contributed by atoms with Crippen molar-refractivity contribution in [1.29, 1.82) is 0 Å². The average molecular weight is 297 g/mol. The Hall–Kier alpha value is -2.16. The number of hydrogen-bond donors (Lipinski definition) is 1. The first-order chi connectivity index (χ1) is 10.7. The van der Waals surface area contributed by atoms with Crippen molar-refractivity contribution < 1.29 is 9.18 Å². The lowest BCUT2D eigenvalue weighted by atomic mass is 9.79. The first-order valence-electron chi connectivity index (χ1n) is 7.80. The molecule has 0 atom stereocenters. The first kappa shape index (κ1) is 14.8. The van der Waals surface area contributed by atoms with Crippen LogP contribution in [0.5, 0.6) is 0 Å². The number of amides is 1. The molecule has 1 aliphatic rings. The average Bonchev–Trinajstić information content (AvgIpc) is 3.04. The van der Waals surface area contributed by atoms with Crippen molar-refractivity contribution >= 4 is 5.91 Å². The molecule has 1 fully saturated rings. The van der Waals surface area contributed by atoms with Crippen LogP contribution in [-0.4, -0.2) is 12.5 Å². The molecule has 3 rings (SSSR count). The zero-order valence-electron chi connectivity index (χ0n) is 12.5. The predicted octanol–water partition coefficient (Wildman–Crippen LogP) is 4.07. The molecule has 2 aromatic carbocycles. The molecule has 0 bridgehead atoms. The van der Waals surface area contributed by atoms with Crippen LogP contribution in [0, 0.1) is 5.82 Å². The van der Waals surface area contributed by atoms with Crippen molar-refractivity contribution in [3.63, 3.8) is 0 Å². The summed E-state index contributed by atoms with van der Waals surface area (Å²) in [6.45, 7) is 0.560. The molecule has 3 heteroatoms. The molecule has 0 heterocycles. The summed E-state index contributed by atoms with van der Waals surface area (Å²) in [6.07, 6.45) is 4.47. The Morgan fingerprint density at radius 3 is 2.32 bits per heavy atom. The summed E-state index contributed by atoms with van der Waals surface area (Å²) in [5.41, 5.74) is 1.37. The quantitative estimate of drug-likeness (QED) is 0.905. The van der Waals surface area contributed by atoms with E-state index in [2.05, 4.69) is 17.4 Å². The summed E-state index contributed by atoms with van der Waals surface area (Å²) >= 11 is 0. The van der Waals surface area contributed by atoms with E-state index in [1.807, 2.05) is 18.2 Å². The number of rotatable bonds is 4. The monoisotopic (exact) mass is 297 g/mol. The van der Waals surface area contributed by atoms with Crippen LogP contribution in [-0.2, 0) is 5.41 Å². The molecule has 0 aliphatic heterocycles. The number of halogens is 1. The largest absolute Gasteiger partial charge is 0.351 e. The summed E-state index contributed by atoms with van der Waals surface area (Å²) in [5, 5.41) is 2.94. The normalized spacial score (nSPS) is 16.4. The lowest BCUT2D eigenvalue weighted by Gasteiger charge is -2.30. The zero-order chi connectivity index (χ0) is 15.4. The van der Waals surface area contributed by atoms with Gasteiger partial charge in [0.05, 0.1) is 5.56 Å². The van der Waals surface area contributed by atoms with Gasteiger partial charge in [-0.25, -0.2) is 4.39 Å². The minimum atomic E-state index is -0.472. The van der Waals surface area contributed by atoms with Gasteiger partial charge in [-0.05, 0) is 30.5 Å². The lowest BCUT2D eigenvalue weighted by Crippen LogP contribution is -2.39. The number of carbonyl (C=O) groups excluding carboxylic acids is 1. The van der Waals surface area contributed by atoms with Crippen LogP contribution in [0.3, 0.4) is 0 Å². The highest BCUT2D eigenvalue weighted by molar-refractivity contribution is 5.94. The van der Waals surface area contributed by atoms with Gasteiger partial charge in [-0.1, -0.05) is 55.3 Å². The van der Waals surface area contributed by atoms with Crippen molar-refractivity contribution in [3.8, 4) is 0 Å². The second-order valence-electron chi connectivity index (χ2n) is 6.02. The molecule has 0 radical (unpaired) electrons. The van der Waals surface area contributed by atoms with Crippen LogP contribution in [0.1, 0.15) is 41.6 Å². The topological polar surface area (TPSA) is 29.1 Å². The number of benzene rings is 2. The predicted molar refractivity (Wildman–Crippen MR) is 85.3 cm³/mol. The van der Waals surface area contributed by atoms with E-state index in [1.165, 1.54) is 30.5 Å². The van der Waals surface area contributed by atoms with Crippen LogP contribution < -0.4 is 5.32 Å². The molecule has 2 nitrogen and oxygen atoms in total. The Kier molecular flexibility index (Phi) is 4.23. The molecule has 1 amide bonds. The van der Waals surface area contributed by atoms with Gasteiger partial charge in [0.15, 0.2) is 0 Å². The number of carbonyl (C=O) groups is 1. The fraction of sp³-hybridized carbons (Fsp3) is 0.316. The molecule has 114 valence electrons. The van der Waals surface area contributed by atoms with E-state index < -0.39 is 5.82 Å². The third kappa shape index (κ3) is 2.89. The van der Waals surface area contributed by atoms with E-state index in [-0.39, 0.29) is 16.9 Å². The second-order valence-corrected chi connectivity index (χ2v) is 6.02. The van der Waals surface area contributed by atoms with E-state index in [0.29, 0.717) is 6.54 Å². The third-order valence-electron chi connectivity index (χ3n) is 4.65. The highest BCUT2D eigenvalue weighted by atomic mass is 19.1. The summed E-state index contributed by atoms with van der Waals surface area (Å²) in [4.78, 5) is 12.2. The van der Waals surface area contributed by atoms with E-state index in [0.717, 1.165) is 12.8 Å². The van der Waals surface area contributed by atoms with Gasteiger partial charge in [0, 0.05) is 12.0 Å². The van der Waals surface area contributed by atoms with Gasteiger partial charge in [-0.3, -0.25) is 4.79 Å². The van der Waals surface area contributed by atoms with Gasteiger partial charge in [0.2, 0.25) is 0 Å². The van der Waals surface area contributed by atoms with Crippen molar-refractivity contribution in [3.05, 3.63) is 71.5 Å². The maximum atomic E-state index is 13.7. The van der Waals surface area contributed by atoms with Crippen LogP contribution in [0.4, 0.5) is 4.39 Å². The van der Waals surface area contributed by atoms with E-state index in [9.17, 15) is 9.18 Å². The summed E-state index contributed by atoms with van der Waals surface area (Å²) < 4.78 is 13.7. The summed E-state index contributed by atoms with van der Waals surface area (Å²) in [7, 11) is 0. The Morgan fingerprint density at radius 2 is 1.64 bits per heavy atom. The Balaban J connectivity index is 1.76. The zero-order valence-corrected chi connectivity index (χ0v) is 12.5. The molecule has 22 heavy (non-hydrogen) atoms. The third-order valence-corrected chi connectivity index (χ3v) is 4.65. The Labute approximate surface area is 130 Å². The minimum absolute atomic E-state index is 0.0117. The lowest BCUT2D eigenvalue weighted by molar-refractivity contribution is 0.0939. The SMILES string of the molecule is O=C(NCC1(c2ccccc2)CCCC1)c1ccccc1F. The van der Waals surface area contributed by atoms with Crippen LogP contribution in [0.25, 0.3) is 0 Å².